The molecule has 0 amide bonds. The number of rotatable bonds is 0. The molecule has 0 bridgehead atoms. The van der Waals surface area contributed by atoms with Crippen LogP contribution in [0.25, 0.3) is 0 Å². The van der Waals surface area contributed by atoms with Crippen LogP contribution < -0.4 is 0 Å². The van der Waals surface area contributed by atoms with E-state index in [1.54, 1.807) is 13.8 Å². The molecule has 9 heavy (non-hydrogen) atoms. The Kier molecular flexibility index (Phi) is 107. The van der Waals surface area contributed by atoms with Crippen molar-refractivity contribution in [2.24, 2.45) is 0 Å². The summed E-state index contributed by atoms with van der Waals surface area (Å²) in [6.45, 7) is 6.35. The van der Waals surface area contributed by atoms with Gasteiger partial charge in [-0.3, -0.25) is 0 Å². The summed E-state index contributed by atoms with van der Waals surface area (Å²) >= 11 is 0. The van der Waals surface area contributed by atoms with Gasteiger partial charge in [0.15, 0.2) is 0 Å². The first kappa shape index (κ1) is 15.7. The first-order valence-corrected chi connectivity index (χ1v) is 2.37. The maximum absolute atomic E-state index is 6.08. The zero-order chi connectivity index (χ0) is 8.12. The van der Waals surface area contributed by atoms with Crippen molar-refractivity contribution in [2.75, 3.05) is 0 Å². The van der Waals surface area contributed by atoms with Gasteiger partial charge in [-0.25, -0.2) is 0 Å². The van der Waals surface area contributed by atoms with Crippen LogP contribution in [0.4, 0.5) is 0 Å². The molecule has 0 heterocycles. The fourth-order valence-electron chi connectivity index (χ4n) is 0. The van der Waals surface area contributed by atoms with E-state index in [1.165, 1.54) is 12.4 Å². The molecular weight excluding hydrogens is 111 g/mol. The van der Waals surface area contributed by atoms with Crippen LogP contribution in [0.3, 0.4) is 0 Å². The van der Waals surface area contributed by atoms with Crippen molar-refractivity contribution in [3.05, 3.63) is 6.58 Å². The molecule has 49 valence electrons. The molecular formula is C6H12BN2. The third-order valence-electron chi connectivity index (χ3n) is 0. The molecule has 0 aliphatic carbocycles. The average molecular weight is 123 g/mol. The molecule has 0 aromatic carbocycles. The molecule has 0 aromatic heterocycles. The van der Waals surface area contributed by atoms with E-state index in [1.807, 2.05) is 5.62 Å². The van der Waals surface area contributed by atoms with Crippen molar-refractivity contribution in [1.29, 1.82) is 10.8 Å². The summed E-state index contributed by atoms with van der Waals surface area (Å²) in [5.41, 5.74) is 2.00. The van der Waals surface area contributed by atoms with E-state index < -0.39 is 0 Å². The van der Waals surface area contributed by atoms with Crippen LogP contribution in [0.15, 0.2) is 6.58 Å². The normalized spacial score (nSPS) is 3.67. The number of nitrogens with one attached hydrogen (secondary N) is 2. The number of hydrogen-bond donors (Lipinski definition) is 2. The van der Waals surface area contributed by atoms with Crippen molar-refractivity contribution < 1.29 is 0 Å². The van der Waals surface area contributed by atoms with Gasteiger partial charge in [0.2, 0.25) is 0 Å². The van der Waals surface area contributed by atoms with Gasteiger partial charge in [-0.1, -0.05) is 0 Å². The standard InChI is InChI=1S/C2H2B.2C2H5N/c3*1-2-3/h1H2;2*2-3H,1H3. The van der Waals surface area contributed by atoms with E-state index in [9.17, 15) is 0 Å². The van der Waals surface area contributed by atoms with Crippen LogP contribution in [0.2, 0.25) is 0 Å². The van der Waals surface area contributed by atoms with E-state index in [4.69, 9.17) is 10.8 Å². The Bertz CT molecular complexity index is 77.1. The zero-order valence-electron chi connectivity index (χ0n) is 5.94. The topological polar surface area (TPSA) is 47.7 Å². The molecule has 0 saturated heterocycles. The van der Waals surface area contributed by atoms with Crippen molar-refractivity contribution in [1.82, 2.24) is 0 Å². The van der Waals surface area contributed by atoms with E-state index in [-0.39, 0.29) is 0 Å². The van der Waals surface area contributed by atoms with Gasteiger partial charge in [0.1, 0.15) is 0 Å². The summed E-state index contributed by atoms with van der Waals surface area (Å²) in [5.74, 6) is 0. The molecule has 0 aromatic rings. The van der Waals surface area contributed by atoms with Gasteiger partial charge in [0, 0.05) is 0 Å². The molecule has 1 radical (unpaired) electrons. The van der Waals surface area contributed by atoms with Crippen LogP contribution in [-0.4, -0.2) is 25.5 Å². The van der Waals surface area contributed by atoms with Gasteiger partial charge in [0.05, 0.1) is 0 Å². The first-order valence-electron chi connectivity index (χ1n) is 2.37. The number of hydrogen-bond acceptors (Lipinski definition) is 2. The summed E-state index contributed by atoms with van der Waals surface area (Å²) in [4.78, 5) is 0. The van der Waals surface area contributed by atoms with Crippen LogP contribution in [-0.2, 0) is 0 Å². The Morgan fingerprint density at radius 2 is 1.33 bits per heavy atom. The maximum atomic E-state index is 6.08. The van der Waals surface area contributed by atoms with Gasteiger partial charge >= 0.3 is 19.7 Å². The molecule has 2 nitrogen and oxygen atoms in total. The molecule has 2 N–H and O–H groups in total. The predicted octanol–water partition coefficient (Wildman–Crippen LogP) is 1.05. The summed E-state index contributed by atoms with van der Waals surface area (Å²) < 4.78 is 0. The van der Waals surface area contributed by atoms with Gasteiger partial charge < -0.3 is 10.8 Å². The average Bonchev–Trinajstić information content (AvgIpc) is 1.70. The van der Waals surface area contributed by atoms with Gasteiger partial charge in [-0.05, 0) is 26.3 Å². The molecule has 0 aliphatic rings. The molecule has 0 unspecified atom stereocenters. The molecule has 0 saturated carbocycles. The van der Waals surface area contributed by atoms with E-state index in [0.717, 1.165) is 0 Å². The van der Waals surface area contributed by atoms with Gasteiger partial charge in [0.25, 0.3) is 0 Å². The quantitative estimate of drug-likeness (QED) is 0.357. The molecule has 0 fully saturated rings. The van der Waals surface area contributed by atoms with Crippen LogP contribution in [0.5, 0.6) is 0 Å². The van der Waals surface area contributed by atoms with E-state index >= 15 is 0 Å². The SMILES string of the molecule is CC=N.CC=N.[B]=C=C. The molecule has 0 aliphatic heterocycles. The molecule has 0 spiro atoms. The fourth-order valence-corrected chi connectivity index (χ4v) is 0. The fraction of sp³-hybridized carbons (Fsp3) is 0.333. The summed E-state index contributed by atoms with van der Waals surface area (Å²) in [6, 6.07) is 0. The monoisotopic (exact) mass is 123 g/mol. The first-order chi connectivity index (χ1) is 4.24. The van der Waals surface area contributed by atoms with Crippen LogP contribution in [0, 0.1) is 10.8 Å². The van der Waals surface area contributed by atoms with Gasteiger partial charge in [-0.15, -0.1) is 0 Å². The van der Waals surface area contributed by atoms with Crippen molar-refractivity contribution >= 4 is 25.5 Å². The van der Waals surface area contributed by atoms with E-state index in [2.05, 4.69) is 14.1 Å². The zero-order valence-corrected chi connectivity index (χ0v) is 5.94. The second kappa shape index (κ2) is 61.3. The van der Waals surface area contributed by atoms with Gasteiger partial charge in [-0.2, -0.15) is 0 Å². The summed E-state index contributed by atoms with van der Waals surface area (Å²) in [7, 11) is 4.49. The minimum atomic E-state index is 1.25. The second-order valence-electron chi connectivity index (χ2n) is 0.781. The van der Waals surface area contributed by atoms with Crippen molar-refractivity contribution in [2.45, 2.75) is 13.8 Å². The van der Waals surface area contributed by atoms with Crippen molar-refractivity contribution in [3.8, 4) is 0 Å². The third-order valence-corrected chi connectivity index (χ3v) is 0. The second-order valence-corrected chi connectivity index (χ2v) is 0.781. The Labute approximate surface area is 57.7 Å². The molecule has 3 heteroatoms. The Morgan fingerprint density at radius 1 is 1.33 bits per heavy atom. The summed E-state index contributed by atoms with van der Waals surface area (Å²) in [6.07, 6.45) is 2.50. The molecule has 0 rings (SSSR count). The van der Waals surface area contributed by atoms with Crippen molar-refractivity contribution in [3.63, 3.8) is 0 Å². The minimum absolute atomic E-state index is 1.25. The van der Waals surface area contributed by atoms with Crippen LogP contribution in [0.1, 0.15) is 13.8 Å². The molecule has 0 atom stereocenters. The summed E-state index contributed by atoms with van der Waals surface area (Å²) in [5, 5.41) is 12.2. The third kappa shape index (κ3) is 202. The predicted molar refractivity (Wildman–Crippen MR) is 45.3 cm³/mol. The Balaban J connectivity index is -0.0000000600. The Hall–Kier alpha value is -0.945. The van der Waals surface area contributed by atoms with E-state index in [0.29, 0.717) is 0 Å². The van der Waals surface area contributed by atoms with Crippen LogP contribution >= 0.6 is 0 Å². The Morgan fingerprint density at radius 3 is 1.33 bits per heavy atom.